The first-order valence-corrected chi connectivity index (χ1v) is 10.2. The first-order chi connectivity index (χ1) is 13.2. The third kappa shape index (κ3) is 4.45. The SMILES string of the molecule is Fc1ccc(Br)cc1-c1nnc(NCc2ccc(N3CCOCC3)cc2)s1. The maximum Gasteiger partial charge on any atom is 0.206 e. The highest BCUT2D eigenvalue weighted by Gasteiger charge is 2.13. The minimum absolute atomic E-state index is 0.306. The van der Waals surface area contributed by atoms with Gasteiger partial charge in [0.2, 0.25) is 5.13 Å². The molecule has 1 aliphatic heterocycles. The van der Waals surface area contributed by atoms with Crippen LogP contribution in [0.1, 0.15) is 5.56 Å². The second kappa shape index (κ2) is 8.33. The summed E-state index contributed by atoms with van der Waals surface area (Å²) in [5.41, 5.74) is 2.81. The van der Waals surface area contributed by atoms with E-state index >= 15 is 0 Å². The van der Waals surface area contributed by atoms with Gasteiger partial charge in [0.25, 0.3) is 0 Å². The Morgan fingerprint density at radius 3 is 2.67 bits per heavy atom. The van der Waals surface area contributed by atoms with Crippen molar-refractivity contribution >= 4 is 38.1 Å². The van der Waals surface area contributed by atoms with Crippen LogP contribution in [0, 0.1) is 5.82 Å². The van der Waals surface area contributed by atoms with E-state index in [0.29, 0.717) is 22.2 Å². The van der Waals surface area contributed by atoms with Gasteiger partial charge in [0.15, 0.2) is 5.01 Å². The summed E-state index contributed by atoms with van der Waals surface area (Å²) in [7, 11) is 0. The normalized spacial score (nSPS) is 14.4. The summed E-state index contributed by atoms with van der Waals surface area (Å²) in [6, 6.07) is 13.3. The molecule has 4 rings (SSSR count). The van der Waals surface area contributed by atoms with E-state index in [2.05, 4.69) is 60.6 Å². The average Bonchev–Trinajstić information content (AvgIpc) is 3.18. The van der Waals surface area contributed by atoms with Crippen LogP contribution >= 0.6 is 27.3 Å². The largest absolute Gasteiger partial charge is 0.378 e. The van der Waals surface area contributed by atoms with Gasteiger partial charge in [-0.2, -0.15) is 0 Å². The van der Waals surface area contributed by atoms with Gasteiger partial charge in [-0.15, -0.1) is 10.2 Å². The number of hydrogen-bond donors (Lipinski definition) is 1. The second-order valence-electron chi connectivity index (χ2n) is 6.16. The maximum absolute atomic E-state index is 14.0. The molecule has 0 aliphatic carbocycles. The summed E-state index contributed by atoms with van der Waals surface area (Å²) in [5.74, 6) is -0.306. The fraction of sp³-hybridized carbons (Fsp3) is 0.263. The second-order valence-corrected chi connectivity index (χ2v) is 8.05. The van der Waals surface area contributed by atoms with Gasteiger partial charge in [0, 0.05) is 35.4 Å². The predicted molar refractivity (Wildman–Crippen MR) is 110 cm³/mol. The van der Waals surface area contributed by atoms with Crippen LogP contribution in [-0.2, 0) is 11.3 Å². The number of nitrogens with one attached hydrogen (secondary N) is 1. The Hall–Kier alpha value is -2.03. The minimum Gasteiger partial charge on any atom is -0.378 e. The molecule has 0 amide bonds. The number of rotatable bonds is 5. The molecule has 3 aromatic rings. The number of hydrogen-bond acceptors (Lipinski definition) is 6. The topological polar surface area (TPSA) is 50.3 Å². The predicted octanol–water partition coefficient (Wildman–Crippen LogP) is 4.56. The van der Waals surface area contributed by atoms with Gasteiger partial charge >= 0.3 is 0 Å². The highest BCUT2D eigenvalue weighted by Crippen LogP contribution is 2.30. The quantitative estimate of drug-likeness (QED) is 0.619. The molecule has 1 N–H and O–H groups in total. The van der Waals surface area contributed by atoms with E-state index in [1.165, 1.54) is 23.1 Å². The molecule has 0 radical (unpaired) electrons. The zero-order valence-corrected chi connectivity index (χ0v) is 16.9. The highest BCUT2D eigenvalue weighted by molar-refractivity contribution is 9.10. The Kier molecular flexibility index (Phi) is 5.66. The smallest absolute Gasteiger partial charge is 0.206 e. The van der Waals surface area contributed by atoms with Crippen molar-refractivity contribution in [2.24, 2.45) is 0 Å². The highest BCUT2D eigenvalue weighted by atomic mass is 79.9. The summed E-state index contributed by atoms with van der Waals surface area (Å²) >= 11 is 4.70. The van der Waals surface area contributed by atoms with E-state index < -0.39 is 0 Å². The first kappa shape index (κ1) is 18.3. The fourth-order valence-corrected chi connectivity index (χ4v) is 4.01. The third-order valence-electron chi connectivity index (χ3n) is 4.34. The number of ether oxygens (including phenoxy) is 1. The van der Waals surface area contributed by atoms with Gasteiger partial charge < -0.3 is 15.0 Å². The minimum atomic E-state index is -0.306. The molecule has 0 bridgehead atoms. The zero-order chi connectivity index (χ0) is 18.6. The van der Waals surface area contributed by atoms with Gasteiger partial charge in [-0.25, -0.2) is 4.39 Å². The Bertz CT molecular complexity index is 912. The van der Waals surface area contributed by atoms with Gasteiger partial charge in [0.1, 0.15) is 5.82 Å². The van der Waals surface area contributed by atoms with Crippen LogP contribution in [0.2, 0.25) is 0 Å². The summed E-state index contributed by atoms with van der Waals surface area (Å²) in [5, 5.41) is 12.7. The summed E-state index contributed by atoms with van der Waals surface area (Å²) in [4.78, 5) is 2.32. The van der Waals surface area contributed by atoms with Gasteiger partial charge in [-0.1, -0.05) is 39.4 Å². The molecule has 140 valence electrons. The average molecular weight is 449 g/mol. The van der Waals surface area contributed by atoms with E-state index in [4.69, 9.17) is 4.74 Å². The molecule has 1 saturated heterocycles. The van der Waals surface area contributed by atoms with Crippen molar-refractivity contribution in [1.29, 1.82) is 0 Å². The molecule has 5 nitrogen and oxygen atoms in total. The molecule has 2 heterocycles. The molecule has 0 spiro atoms. The summed E-state index contributed by atoms with van der Waals surface area (Å²) < 4.78 is 20.2. The lowest BCUT2D eigenvalue weighted by Gasteiger charge is -2.28. The van der Waals surface area contributed by atoms with Crippen LogP contribution in [0.3, 0.4) is 0 Å². The number of anilines is 2. The standard InChI is InChI=1S/C19H18BrFN4OS/c20-14-3-6-17(21)16(11-14)18-23-24-19(27-18)22-12-13-1-4-15(5-2-13)25-7-9-26-10-8-25/h1-6,11H,7-10,12H2,(H,22,24). The van der Waals surface area contributed by atoms with Crippen molar-refractivity contribution in [3.63, 3.8) is 0 Å². The zero-order valence-electron chi connectivity index (χ0n) is 14.5. The summed E-state index contributed by atoms with van der Waals surface area (Å²) in [6.45, 7) is 4.05. The molecular weight excluding hydrogens is 431 g/mol. The summed E-state index contributed by atoms with van der Waals surface area (Å²) in [6.07, 6.45) is 0. The van der Waals surface area contributed by atoms with E-state index in [1.54, 1.807) is 12.1 Å². The van der Waals surface area contributed by atoms with Crippen LogP contribution < -0.4 is 10.2 Å². The molecule has 1 aromatic heterocycles. The van der Waals surface area contributed by atoms with Crippen molar-refractivity contribution < 1.29 is 9.13 Å². The molecule has 1 aliphatic rings. The van der Waals surface area contributed by atoms with Crippen molar-refractivity contribution in [3.8, 4) is 10.6 Å². The van der Waals surface area contributed by atoms with Crippen molar-refractivity contribution in [2.45, 2.75) is 6.54 Å². The Balaban J connectivity index is 1.39. The molecule has 27 heavy (non-hydrogen) atoms. The Morgan fingerprint density at radius 1 is 1.11 bits per heavy atom. The van der Waals surface area contributed by atoms with E-state index in [0.717, 1.165) is 36.3 Å². The van der Waals surface area contributed by atoms with Crippen LogP contribution in [0.15, 0.2) is 46.9 Å². The van der Waals surface area contributed by atoms with Crippen LogP contribution in [-0.4, -0.2) is 36.5 Å². The van der Waals surface area contributed by atoms with Gasteiger partial charge in [0.05, 0.1) is 13.2 Å². The van der Waals surface area contributed by atoms with E-state index in [9.17, 15) is 4.39 Å². The van der Waals surface area contributed by atoms with Crippen molar-refractivity contribution in [3.05, 3.63) is 58.3 Å². The van der Waals surface area contributed by atoms with E-state index in [-0.39, 0.29) is 5.82 Å². The lowest BCUT2D eigenvalue weighted by Crippen LogP contribution is -2.36. The molecule has 2 aromatic carbocycles. The van der Waals surface area contributed by atoms with Gasteiger partial charge in [-0.3, -0.25) is 0 Å². The lowest BCUT2D eigenvalue weighted by atomic mass is 10.2. The molecule has 8 heteroatoms. The number of morpholine rings is 1. The van der Waals surface area contributed by atoms with Crippen molar-refractivity contribution in [1.82, 2.24) is 10.2 Å². The maximum atomic E-state index is 14.0. The number of halogens is 2. The third-order valence-corrected chi connectivity index (χ3v) is 5.75. The molecule has 0 saturated carbocycles. The van der Waals surface area contributed by atoms with Crippen LogP contribution in [0.5, 0.6) is 0 Å². The molecule has 0 atom stereocenters. The van der Waals surface area contributed by atoms with E-state index in [1.807, 2.05) is 0 Å². The number of benzene rings is 2. The van der Waals surface area contributed by atoms with Crippen LogP contribution in [0.4, 0.5) is 15.2 Å². The number of nitrogens with zero attached hydrogens (tertiary/aromatic N) is 3. The monoisotopic (exact) mass is 448 g/mol. The van der Waals surface area contributed by atoms with Crippen LogP contribution in [0.25, 0.3) is 10.6 Å². The van der Waals surface area contributed by atoms with Gasteiger partial charge in [-0.05, 0) is 35.9 Å². The molecule has 0 unspecified atom stereocenters. The van der Waals surface area contributed by atoms with Crippen molar-refractivity contribution in [2.75, 3.05) is 36.5 Å². The molecule has 1 fully saturated rings. The molecular formula is C19H18BrFN4OS. The Labute approximate surface area is 169 Å². The Morgan fingerprint density at radius 2 is 1.89 bits per heavy atom. The first-order valence-electron chi connectivity index (χ1n) is 8.63. The lowest BCUT2D eigenvalue weighted by molar-refractivity contribution is 0.122. The fourth-order valence-electron chi connectivity index (χ4n) is 2.89. The number of aromatic nitrogens is 2.